The van der Waals surface area contributed by atoms with E-state index in [9.17, 15) is 0 Å². The van der Waals surface area contributed by atoms with Gasteiger partial charge in [-0.1, -0.05) is 32.0 Å². The Labute approximate surface area is 129 Å². The van der Waals surface area contributed by atoms with Crippen molar-refractivity contribution >= 4 is 27.2 Å². The van der Waals surface area contributed by atoms with Gasteiger partial charge in [0.05, 0.1) is 5.69 Å². The molecule has 0 saturated carbocycles. The van der Waals surface area contributed by atoms with Crippen molar-refractivity contribution in [3.63, 3.8) is 0 Å². The summed E-state index contributed by atoms with van der Waals surface area (Å²) in [7, 11) is 0. The Morgan fingerprint density at radius 2 is 2.05 bits per heavy atom. The van der Waals surface area contributed by atoms with Gasteiger partial charge in [-0.2, -0.15) is 0 Å². The molecule has 3 aromatic rings. The first-order chi connectivity index (χ1) is 10.3. The second kappa shape index (κ2) is 6.22. The Bertz CT molecular complexity index is 749. The lowest BCUT2D eigenvalue weighted by molar-refractivity contribution is 0.920. The lowest BCUT2D eigenvalue weighted by Gasteiger charge is -2.09. The monoisotopic (exact) mass is 297 g/mol. The third kappa shape index (κ3) is 2.90. The second-order valence-electron chi connectivity index (χ2n) is 4.98. The SMILES string of the molecule is CCCNc1cc(-c2cccc3ccsc23)nc(CC)n1. The predicted octanol–water partition coefficient (Wildman–Crippen LogP) is 4.74. The summed E-state index contributed by atoms with van der Waals surface area (Å²) >= 11 is 1.77. The van der Waals surface area contributed by atoms with Crippen LogP contribution in [0.2, 0.25) is 0 Å². The number of nitrogens with one attached hydrogen (secondary N) is 1. The van der Waals surface area contributed by atoms with Crippen LogP contribution in [-0.2, 0) is 6.42 Å². The fourth-order valence-corrected chi connectivity index (χ4v) is 3.25. The zero-order chi connectivity index (χ0) is 14.7. The molecule has 0 spiro atoms. The van der Waals surface area contributed by atoms with Gasteiger partial charge in [0.1, 0.15) is 11.6 Å². The number of hydrogen-bond donors (Lipinski definition) is 1. The first kappa shape index (κ1) is 14.0. The second-order valence-corrected chi connectivity index (χ2v) is 5.90. The predicted molar refractivity (Wildman–Crippen MR) is 91.0 cm³/mol. The van der Waals surface area contributed by atoms with Gasteiger partial charge >= 0.3 is 0 Å². The average molecular weight is 297 g/mol. The van der Waals surface area contributed by atoms with E-state index in [0.29, 0.717) is 0 Å². The molecule has 21 heavy (non-hydrogen) atoms. The highest BCUT2D eigenvalue weighted by Crippen LogP contribution is 2.32. The molecule has 0 aliphatic carbocycles. The molecule has 0 saturated heterocycles. The van der Waals surface area contributed by atoms with Gasteiger partial charge in [0.2, 0.25) is 0 Å². The summed E-state index contributed by atoms with van der Waals surface area (Å²) in [6.45, 7) is 5.18. The third-order valence-corrected chi connectivity index (χ3v) is 4.36. The molecule has 108 valence electrons. The number of nitrogens with zero attached hydrogens (tertiary/aromatic N) is 2. The van der Waals surface area contributed by atoms with Gasteiger partial charge in [-0.15, -0.1) is 11.3 Å². The molecule has 0 amide bonds. The van der Waals surface area contributed by atoms with E-state index in [1.807, 2.05) is 0 Å². The molecule has 0 aliphatic heterocycles. The summed E-state index contributed by atoms with van der Waals surface area (Å²) in [6, 6.07) is 10.6. The molecule has 3 rings (SSSR count). The van der Waals surface area contributed by atoms with E-state index >= 15 is 0 Å². The van der Waals surface area contributed by atoms with E-state index in [2.05, 4.69) is 59.9 Å². The van der Waals surface area contributed by atoms with E-state index in [0.717, 1.165) is 36.7 Å². The van der Waals surface area contributed by atoms with Crippen molar-refractivity contribution in [2.75, 3.05) is 11.9 Å². The molecule has 0 atom stereocenters. The quantitative estimate of drug-likeness (QED) is 0.739. The number of benzene rings is 1. The molecule has 4 heteroatoms. The third-order valence-electron chi connectivity index (χ3n) is 3.40. The number of thiophene rings is 1. The Morgan fingerprint density at radius 1 is 1.14 bits per heavy atom. The van der Waals surface area contributed by atoms with E-state index in [-0.39, 0.29) is 0 Å². The van der Waals surface area contributed by atoms with E-state index < -0.39 is 0 Å². The maximum Gasteiger partial charge on any atom is 0.131 e. The fraction of sp³-hybridized carbons (Fsp3) is 0.294. The Hall–Kier alpha value is -1.94. The molecule has 0 aliphatic rings. The first-order valence-electron chi connectivity index (χ1n) is 7.40. The van der Waals surface area contributed by atoms with Crippen LogP contribution in [0.15, 0.2) is 35.7 Å². The van der Waals surface area contributed by atoms with Crippen LogP contribution in [0, 0.1) is 0 Å². The molecular weight excluding hydrogens is 278 g/mol. The highest BCUT2D eigenvalue weighted by atomic mass is 32.1. The number of rotatable bonds is 5. The van der Waals surface area contributed by atoms with Crippen molar-refractivity contribution < 1.29 is 0 Å². The van der Waals surface area contributed by atoms with E-state index in [4.69, 9.17) is 4.98 Å². The van der Waals surface area contributed by atoms with Crippen LogP contribution in [0.3, 0.4) is 0 Å². The topological polar surface area (TPSA) is 37.8 Å². The summed E-state index contributed by atoms with van der Waals surface area (Å²) in [5.41, 5.74) is 2.20. The van der Waals surface area contributed by atoms with Crippen LogP contribution in [0.25, 0.3) is 21.3 Å². The van der Waals surface area contributed by atoms with Crippen LogP contribution >= 0.6 is 11.3 Å². The van der Waals surface area contributed by atoms with Gasteiger partial charge in [-0.3, -0.25) is 0 Å². The van der Waals surface area contributed by atoms with Gasteiger partial charge in [0, 0.05) is 29.3 Å². The smallest absolute Gasteiger partial charge is 0.131 e. The summed E-state index contributed by atoms with van der Waals surface area (Å²) in [5.74, 6) is 1.81. The highest BCUT2D eigenvalue weighted by Gasteiger charge is 2.09. The molecule has 0 unspecified atom stereocenters. The Kier molecular flexibility index (Phi) is 4.15. The zero-order valence-corrected chi connectivity index (χ0v) is 13.2. The van der Waals surface area contributed by atoms with Gasteiger partial charge in [0.25, 0.3) is 0 Å². The van der Waals surface area contributed by atoms with Crippen LogP contribution in [0.4, 0.5) is 5.82 Å². The van der Waals surface area contributed by atoms with E-state index in [1.165, 1.54) is 15.6 Å². The molecule has 0 fully saturated rings. The Balaban J connectivity index is 2.10. The average Bonchev–Trinajstić information content (AvgIpc) is 3.01. The van der Waals surface area contributed by atoms with Crippen LogP contribution < -0.4 is 5.32 Å². The molecule has 1 aromatic carbocycles. The van der Waals surface area contributed by atoms with Gasteiger partial charge in [0.15, 0.2) is 0 Å². The van der Waals surface area contributed by atoms with Crippen molar-refractivity contribution in [2.24, 2.45) is 0 Å². The minimum Gasteiger partial charge on any atom is -0.370 e. The van der Waals surface area contributed by atoms with Crippen molar-refractivity contribution in [1.29, 1.82) is 0 Å². The minimum absolute atomic E-state index is 0.842. The van der Waals surface area contributed by atoms with Crippen molar-refractivity contribution in [1.82, 2.24) is 9.97 Å². The van der Waals surface area contributed by atoms with Crippen LogP contribution in [-0.4, -0.2) is 16.5 Å². The standard InChI is InChI=1S/C17H19N3S/c1-3-9-18-16-11-14(19-15(4-2)20-16)13-7-5-6-12-8-10-21-17(12)13/h5-8,10-11H,3-4,9H2,1-2H3,(H,18,19,20). The maximum atomic E-state index is 4.72. The van der Waals surface area contributed by atoms with Crippen LogP contribution in [0.5, 0.6) is 0 Å². The largest absolute Gasteiger partial charge is 0.370 e. The van der Waals surface area contributed by atoms with Gasteiger partial charge < -0.3 is 5.32 Å². The first-order valence-corrected chi connectivity index (χ1v) is 8.28. The molecule has 3 nitrogen and oxygen atoms in total. The lowest BCUT2D eigenvalue weighted by Crippen LogP contribution is -2.05. The number of aromatic nitrogens is 2. The summed E-state index contributed by atoms with van der Waals surface area (Å²) in [5, 5.41) is 6.78. The fourth-order valence-electron chi connectivity index (χ4n) is 2.33. The molecule has 2 aromatic heterocycles. The van der Waals surface area contributed by atoms with Gasteiger partial charge in [-0.25, -0.2) is 9.97 Å². The zero-order valence-electron chi connectivity index (χ0n) is 12.4. The number of anilines is 1. The summed E-state index contributed by atoms with van der Waals surface area (Å²) < 4.78 is 1.29. The van der Waals surface area contributed by atoms with Crippen LogP contribution in [0.1, 0.15) is 26.1 Å². The molecule has 1 N–H and O–H groups in total. The maximum absolute atomic E-state index is 4.72. The number of aryl methyl sites for hydroxylation is 1. The molecule has 0 bridgehead atoms. The van der Waals surface area contributed by atoms with Crippen molar-refractivity contribution in [3.8, 4) is 11.3 Å². The van der Waals surface area contributed by atoms with Gasteiger partial charge in [-0.05, 0) is 23.3 Å². The number of fused-ring (bicyclic) bond motifs is 1. The molecular formula is C17H19N3S. The molecule has 2 heterocycles. The summed E-state index contributed by atoms with van der Waals surface area (Å²) in [6.07, 6.45) is 1.93. The molecule has 0 radical (unpaired) electrons. The highest BCUT2D eigenvalue weighted by molar-refractivity contribution is 7.17. The van der Waals surface area contributed by atoms with E-state index in [1.54, 1.807) is 11.3 Å². The minimum atomic E-state index is 0.842. The lowest BCUT2D eigenvalue weighted by atomic mass is 10.1. The Morgan fingerprint density at radius 3 is 2.86 bits per heavy atom. The normalized spacial score (nSPS) is 11.0. The summed E-state index contributed by atoms with van der Waals surface area (Å²) in [4.78, 5) is 9.28. The van der Waals surface area contributed by atoms with Crippen molar-refractivity contribution in [3.05, 3.63) is 41.5 Å². The van der Waals surface area contributed by atoms with Crippen molar-refractivity contribution in [2.45, 2.75) is 26.7 Å². The number of hydrogen-bond acceptors (Lipinski definition) is 4.